The minimum absolute atomic E-state index is 0.0914. The molecule has 0 bridgehead atoms. The standard InChI is InChI=1S/C14H27N3S/c1-5-12-14(11(4)15)13(6-2)17(16-12)9-8-10-18-7-3/h11H,5-10,15H2,1-4H3. The minimum atomic E-state index is 0.0914. The zero-order valence-corrected chi connectivity index (χ0v) is 13.0. The number of rotatable bonds is 8. The van der Waals surface area contributed by atoms with E-state index in [-0.39, 0.29) is 6.04 Å². The van der Waals surface area contributed by atoms with Crippen molar-refractivity contribution in [3.63, 3.8) is 0 Å². The lowest BCUT2D eigenvalue weighted by Gasteiger charge is -2.10. The van der Waals surface area contributed by atoms with E-state index in [0.29, 0.717) is 0 Å². The molecule has 0 radical (unpaired) electrons. The second-order valence-electron chi connectivity index (χ2n) is 4.58. The molecule has 1 atom stereocenters. The van der Waals surface area contributed by atoms with Crippen molar-refractivity contribution in [1.82, 2.24) is 9.78 Å². The van der Waals surface area contributed by atoms with Crippen LogP contribution in [0, 0.1) is 0 Å². The van der Waals surface area contributed by atoms with Crippen molar-refractivity contribution >= 4 is 11.8 Å². The number of nitrogens with zero attached hydrogens (tertiary/aromatic N) is 2. The van der Waals surface area contributed by atoms with Gasteiger partial charge >= 0.3 is 0 Å². The summed E-state index contributed by atoms with van der Waals surface area (Å²) in [6, 6.07) is 0.0914. The Morgan fingerprint density at radius 3 is 2.50 bits per heavy atom. The fourth-order valence-corrected chi connectivity index (χ4v) is 2.99. The molecule has 1 unspecified atom stereocenters. The van der Waals surface area contributed by atoms with Gasteiger partial charge in [0, 0.05) is 23.8 Å². The zero-order chi connectivity index (χ0) is 13.5. The maximum Gasteiger partial charge on any atom is 0.0672 e. The van der Waals surface area contributed by atoms with Gasteiger partial charge in [0.25, 0.3) is 0 Å². The summed E-state index contributed by atoms with van der Waals surface area (Å²) in [6.45, 7) is 9.65. The van der Waals surface area contributed by atoms with Gasteiger partial charge in [0.2, 0.25) is 0 Å². The van der Waals surface area contributed by atoms with Gasteiger partial charge in [0.15, 0.2) is 0 Å². The molecule has 1 heterocycles. The van der Waals surface area contributed by atoms with Crippen LogP contribution in [0.2, 0.25) is 0 Å². The van der Waals surface area contributed by atoms with Crippen LogP contribution in [0.15, 0.2) is 0 Å². The molecule has 0 fully saturated rings. The molecule has 4 heteroatoms. The van der Waals surface area contributed by atoms with Gasteiger partial charge in [0.05, 0.1) is 5.69 Å². The number of thioether (sulfide) groups is 1. The first-order valence-corrected chi connectivity index (χ1v) is 8.22. The minimum Gasteiger partial charge on any atom is -0.324 e. The molecule has 1 aromatic heterocycles. The molecule has 0 saturated heterocycles. The van der Waals surface area contributed by atoms with Gasteiger partial charge < -0.3 is 5.73 Å². The van der Waals surface area contributed by atoms with Crippen LogP contribution < -0.4 is 5.73 Å². The smallest absolute Gasteiger partial charge is 0.0672 e. The Hall–Kier alpha value is -0.480. The molecule has 0 amide bonds. The van der Waals surface area contributed by atoms with Crippen molar-refractivity contribution in [3.05, 3.63) is 17.0 Å². The second-order valence-corrected chi connectivity index (χ2v) is 5.97. The van der Waals surface area contributed by atoms with Gasteiger partial charge in [-0.1, -0.05) is 20.8 Å². The highest BCUT2D eigenvalue weighted by molar-refractivity contribution is 7.99. The quantitative estimate of drug-likeness (QED) is 0.737. The lowest BCUT2D eigenvalue weighted by molar-refractivity contribution is 0.572. The summed E-state index contributed by atoms with van der Waals surface area (Å²) in [5, 5.41) is 4.75. The van der Waals surface area contributed by atoms with E-state index < -0.39 is 0 Å². The van der Waals surface area contributed by atoms with Gasteiger partial charge in [-0.3, -0.25) is 4.68 Å². The lowest BCUT2D eigenvalue weighted by atomic mass is 10.0. The highest BCUT2D eigenvalue weighted by atomic mass is 32.2. The Morgan fingerprint density at radius 1 is 1.28 bits per heavy atom. The van der Waals surface area contributed by atoms with Crippen LogP contribution in [0.1, 0.15) is 57.1 Å². The highest BCUT2D eigenvalue weighted by Gasteiger charge is 2.17. The topological polar surface area (TPSA) is 43.8 Å². The third kappa shape index (κ3) is 3.75. The molecule has 0 aliphatic rings. The van der Waals surface area contributed by atoms with E-state index >= 15 is 0 Å². The molecule has 2 N–H and O–H groups in total. The first-order chi connectivity index (χ1) is 8.65. The number of nitrogens with two attached hydrogens (primary N) is 1. The molecule has 0 aliphatic heterocycles. The summed E-state index contributed by atoms with van der Waals surface area (Å²) in [7, 11) is 0. The summed E-state index contributed by atoms with van der Waals surface area (Å²) in [4.78, 5) is 0. The van der Waals surface area contributed by atoms with E-state index in [4.69, 9.17) is 10.8 Å². The summed E-state index contributed by atoms with van der Waals surface area (Å²) in [6.07, 6.45) is 3.18. The maximum absolute atomic E-state index is 6.10. The van der Waals surface area contributed by atoms with Gasteiger partial charge in [-0.2, -0.15) is 16.9 Å². The summed E-state index contributed by atoms with van der Waals surface area (Å²) in [5.41, 5.74) is 9.90. The van der Waals surface area contributed by atoms with E-state index in [2.05, 4.69) is 32.4 Å². The second kappa shape index (κ2) is 7.85. The molecule has 104 valence electrons. The summed E-state index contributed by atoms with van der Waals surface area (Å²) < 4.78 is 2.19. The van der Waals surface area contributed by atoms with E-state index in [1.54, 1.807) is 0 Å². The van der Waals surface area contributed by atoms with Crippen LogP contribution in [0.5, 0.6) is 0 Å². The molecule has 1 rings (SSSR count). The van der Waals surface area contributed by atoms with Crippen LogP contribution in [0.3, 0.4) is 0 Å². The van der Waals surface area contributed by atoms with Crippen LogP contribution in [0.25, 0.3) is 0 Å². The van der Waals surface area contributed by atoms with Gasteiger partial charge in [-0.15, -0.1) is 0 Å². The van der Waals surface area contributed by atoms with E-state index in [9.17, 15) is 0 Å². The normalized spacial score (nSPS) is 12.9. The monoisotopic (exact) mass is 269 g/mol. The average molecular weight is 269 g/mol. The third-order valence-electron chi connectivity index (χ3n) is 3.16. The van der Waals surface area contributed by atoms with E-state index in [0.717, 1.165) is 19.4 Å². The Kier molecular flexibility index (Phi) is 6.79. The van der Waals surface area contributed by atoms with Gasteiger partial charge in [-0.25, -0.2) is 0 Å². The fourth-order valence-electron chi connectivity index (χ4n) is 2.37. The van der Waals surface area contributed by atoms with Crippen molar-refractivity contribution in [2.75, 3.05) is 11.5 Å². The highest BCUT2D eigenvalue weighted by Crippen LogP contribution is 2.22. The number of hydrogen-bond acceptors (Lipinski definition) is 3. The van der Waals surface area contributed by atoms with Crippen molar-refractivity contribution in [2.24, 2.45) is 5.73 Å². The molecule has 0 saturated carbocycles. The van der Waals surface area contributed by atoms with Gasteiger partial charge in [0.1, 0.15) is 0 Å². The van der Waals surface area contributed by atoms with Crippen LogP contribution in [-0.2, 0) is 19.4 Å². The molecule has 0 aliphatic carbocycles. The molecular formula is C14H27N3S. The van der Waals surface area contributed by atoms with E-state index in [1.165, 1.54) is 34.9 Å². The van der Waals surface area contributed by atoms with Gasteiger partial charge in [-0.05, 0) is 37.7 Å². The van der Waals surface area contributed by atoms with Crippen molar-refractivity contribution in [1.29, 1.82) is 0 Å². The predicted octanol–water partition coefficient (Wildman–Crippen LogP) is 3.17. The molecule has 1 aromatic rings. The number of aromatic nitrogens is 2. The number of hydrogen-bond donors (Lipinski definition) is 1. The van der Waals surface area contributed by atoms with Crippen LogP contribution >= 0.6 is 11.8 Å². The third-order valence-corrected chi connectivity index (χ3v) is 4.15. The zero-order valence-electron chi connectivity index (χ0n) is 12.2. The van der Waals surface area contributed by atoms with Crippen LogP contribution in [-0.4, -0.2) is 21.3 Å². The first kappa shape index (κ1) is 15.6. The lowest BCUT2D eigenvalue weighted by Crippen LogP contribution is -2.11. The van der Waals surface area contributed by atoms with Crippen molar-refractivity contribution in [3.8, 4) is 0 Å². The van der Waals surface area contributed by atoms with Crippen molar-refractivity contribution in [2.45, 2.75) is 59.5 Å². The largest absolute Gasteiger partial charge is 0.324 e. The first-order valence-electron chi connectivity index (χ1n) is 7.07. The molecule has 3 nitrogen and oxygen atoms in total. The molecule has 0 aromatic carbocycles. The Morgan fingerprint density at radius 2 is 2.00 bits per heavy atom. The SMILES string of the molecule is CCSCCCn1nc(CC)c(C(C)N)c1CC. The summed E-state index contributed by atoms with van der Waals surface area (Å²) in [5.74, 6) is 2.42. The molecule has 18 heavy (non-hydrogen) atoms. The van der Waals surface area contributed by atoms with Crippen molar-refractivity contribution < 1.29 is 0 Å². The maximum atomic E-state index is 6.10. The Balaban J connectivity index is 2.83. The summed E-state index contributed by atoms with van der Waals surface area (Å²) >= 11 is 2.00. The predicted molar refractivity (Wildman–Crippen MR) is 81.2 cm³/mol. The number of aryl methyl sites for hydroxylation is 2. The Bertz CT molecular complexity index is 358. The van der Waals surface area contributed by atoms with Crippen LogP contribution in [0.4, 0.5) is 0 Å². The fraction of sp³-hybridized carbons (Fsp3) is 0.786. The van der Waals surface area contributed by atoms with E-state index in [1.807, 2.05) is 11.8 Å². The molecule has 0 spiro atoms. The average Bonchev–Trinajstić information content (AvgIpc) is 2.72. The molecular weight excluding hydrogens is 242 g/mol. The Labute approximate surface area is 116 Å².